The molecule has 1 aromatic carbocycles. The molecule has 1 aromatic rings. The van der Waals surface area contributed by atoms with E-state index in [0.29, 0.717) is 13.0 Å². The molecule has 0 fully saturated rings. The summed E-state index contributed by atoms with van der Waals surface area (Å²) < 4.78 is 0. The molecule has 0 bridgehead atoms. The van der Waals surface area contributed by atoms with E-state index < -0.39 is 0 Å². The van der Waals surface area contributed by atoms with Gasteiger partial charge < -0.3 is 16.4 Å². The van der Waals surface area contributed by atoms with Gasteiger partial charge in [0.05, 0.1) is 11.4 Å². The first kappa shape index (κ1) is 11.4. The van der Waals surface area contributed by atoms with Crippen LogP contribution in [0.4, 0.5) is 11.4 Å². The van der Waals surface area contributed by atoms with Crippen molar-refractivity contribution in [3.05, 3.63) is 24.3 Å². The lowest BCUT2D eigenvalue weighted by Gasteiger charge is -2.23. The number of nitrogen functional groups attached to an aromatic ring is 1. The van der Waals surface area contributed by atoms with Crippen LogP contribution in [0.5, 0.6) is 0 Å². The molecule has 1 rings (SSSR count). The fourth-order valence-corrected chi connectivity index (χ4v) is 1.47. The van der Waals surface area contributed by atoms with Crippen molar-refractivity contribution in [3.63, 3.8) is 0 Å². The minimum atomic E-state index is -0.289. The fourth-order valence-electron chi connectivity index (χ4n) is 1.47. The van der Waals surface area contributed by atoms with E-state index in [-0.39, 0.29) is 5.91 Å². The Morgan fingerprint density at radius 2 is 2.07 bits per heavy atom. The van der Waals surface area contributed by atoms with Crippen molar-refractivity contribution in [2.75, 3.05) is 23.7 Å². The van der Waals surface area contributed by atoms with E-state index in [1.807, 2.05) is 36.1 Å². The van der Waals surface area contributed by atoms with E-state index in [9.17, 15) is 4.79 Å². The predicted molar refractivity (Wildman–Crippen MR) is 62.6 cm³/mol. The van der Waals surface area contributed by atoms with Crippen LogP contribution in [0.2, 0.25) is 0 Å². The number of nitrogens with zero attached hydrogens (tertiary/aromatic N) is 1. The van der Waals surface area contributed by atoms with Crippen molar-refractivity contribution in [1.82, 2.24) is 0 Å². The van der Waals surface area contributed by atoms with E-state index in [1.54, 1.807) is 0 Å². The van der Waals surface area contributed by atoms with Gasteiger partial charge in [-0.25, -0.2) is 0 Å². The van der Waals surface area contributed by atoms with Gasteiger partial charge in [-0.2, -0.15) is 0 Å². The Balaban J connectivity index is 2.74. The SMILES string of the molecule is CCN(CCC(N)=O)c1ccccc1N. The maximum atomic E-state index is 10.7. The second-order valence-electron chi connectivity index (χ2n) is 3.35. The number of primary amides is 1. The number of rotatable bonds is 5. The highest BCUT2D eigenvalue weighted by atomic mass is 16.1. The minimum absolute atomic E-state index is 0.289. The molecule has 0 heterocycles. The molecule has 0 atom stereocenters. The lowest BCUT2D eigenvalue weighted by molar-refractivity contribution is -0.117. The molecule has 0 aliphatic heterocycles. The monoisotopic (exact) mass is 207 g/mol. The third kappa shape index (κ3) is 3.16. The third-order valence-corrected chi connectivity index (χ3v) is 2.29. The van der Waals surface area contributed by atoms with Gasteiger partial charge in [-0.3, -0.25) is 4.79 Å². The zero-order valence-electron chi connectivity index (χ0n) is 8.94. The molecular weight excluding hydrogens is 190 g/mol. The van der Waals surface area contributed by atoms with Crippen molar-refractivity contribution in [3.8, 4) is 0 Å². The Morgan fingerprint density at radius 1 is 1.40 bits per heavy atom. The number of nitrogens with two attached hydrogens (primary N) is 2. The first-order valence-electron chi connectivity index (χ1n) is 5.03. The Morgan fingerprint density at radius 3 is 2.60 bits per heavy atom. The number of hydrogen-bond acceptors (Lipinski definition) is 3. The number of para-hydroxylation sites is 2. The van der Waals surface area contributed by atoms with Gasteiger partial charge in [-0.05, 0) is 19.1 Å². The number of carbonyl (C=O) groups is 1. The average molecular weight is 207 g/mol. The molecule has 4 nitrogen and oxygen atoms in total. The molecule has 15 heavy (non-hydrogen) atoms. The molecule has 0 spiro atoms. The van der Waals surface area contributed by atoms with Crippen molar-refractivity contribution in [2.45, 2.75) is 13.3 Å². The van der Waals surface area contributed by atoms with Crippen molar-refractivity contribution >= 4 is 17.3 Å². The van der Waals surface area contributed by atoms with Crippen LogP contribution < -0.4 is 16.4 Å². The topological polar surface area (TPSA) is 72.3 Å². The standard InChI is InChI=1S/C11H17N3O/c1-2-14(8-7-11(13)15)10-6-4-3-5-9(10)12/h3-6H,2,7-8,12H2,1H3,(H2,13,15). The predicted octanol–water partition coefficient (Wildman–Crippen LogP) is 0.970. The molecule has 0 aliphatic rings. The van der Waals surface area contributed by atoms with Crippen LogP contribution in [0.3, 0.4) is 0 Å². The summed E-state index contributed by atoms with van der Waals surface area (Å²) in [6, 6.07) is 7.61. The molecule has 1 amide bonds. The zero-order valence-corrected chi connectivity index (χ0v) is 8.94. The maximum Gasteiger partial charge on any atom is 0.219 e. The molecule has 0 aromatic heterocycles. The maximum absolute atomic E-state index is 10.7. The molecule has 4 N–H and O–H groups in total. The first-order chi connectivity index (χ1) is 7.15. The number of amides is 1. The fraction of sp³-hybridized carbons (Fsp3) is 0.364. The van der Waals surface area contributed by atoms with Crippen LogP contribution in [0.25, 0.3) is 0 Å². The quantitative estimate of drug-likeness (QED) is 0.707. The molecule has 0 radical (unpaired) electrons. The molecule has 0 unspecified atom stereocenters. The van der Waals surface area contributed by atoms with Gasteiger partial charge in [0.15, 0.2) is 0 Å². The second kappa shape index (κ2) is 5.24. The van der Waals surface area contributed by atoms with E-state index in [4.69, 9.17) is 11.5 Å². The number of anilines is 2. The summed E-state index contributed by atoms with van der Waals surface area (Å²) in [5, 5.41) is 0. The van der Waals surface area contributed by atoms with Gasteiger partial charge in [0.2, 0.25) is 5.91 Å². The van der Waals surface area contributed by atoms with E-state index in [1.165, 1.54) is 0 Å². The highest BCUT2D eigenvalue weighted by Gasteiger charge is 2.07. The summed E-state index contributed by atoms with van der Waals surface area (Å²) in [7, 11) is 0. The van der Waals surface area contributed by atoms with Crippen molar-refractivity contribution in [1.29, 1.82) is 0 Å². The largest absolute Gasteiger partial charge is 0.397 e. The Labute approximate surface area is 89.9 Å². The van der Waals surface area contributed by atoms with Crippen LogP contribution in [-0.4, -0.2) is 19.0 Å². The van der Waals surface area contributed by atoms with Crippen LogP contribution in [0, 0.1) is 0 Å². The Kier molecular flexibility index (Phi) is 3.97. The average Bonchev–Trinajstić information content (AvgIpc) is 2.21. The first-order valence-corrected chi connectivity index (χ1v) is 5.03. The van der Waals surface area contributed by atoms with Crippen LogP contribution in [-0.2, 0) is 4.79 Å². The molecule has 82 valence electrons. The Hall–Kier alpha value is -1.71. The van der Waals surface area contributed by atoms with Gasteiger partial charge in [0.1, 0.15) is 0 Å². The van der Waals surface area contributed by atoms with Crippen LogP contribution >= 0.6 is 0 Å². The highest BCUT2D eigenvalue weighted by molar-refractivity contribution is 5.75. The van der Waals surface area contributed by atoms with E-state index >= 15 is 0 Å². The number of hydrogen-bond donors (Lipinski definition) is 2. The zero-order chi connectivity index (χ0) is 11.3. The van der Waals surface area contributed by atoms with Crippen LogP contribution in [0.15, 0.2) is 24.3 Å². The van der Waals surface area contributed by atoms with Crippen LogP contribution in [0.1, 0.15) is 13.3 Å². The summed E-state index contributed by atoms with van der Waals surface area (Å²) in [5.41, 5.74) is 12.6. The number of benzene rings is 1. The second-order valence-corrected chi connectivity index (χ2v) is 3.35. The normalized spacial score (nSPS) is 9.93. The highest BCUT2D eigenvalue weighted by Crippen LogP contribution is 2.22. The molecule has 0 saturated heterocycles. The van der Waals surface area contributed by atoms with E-state index in [2.05, 4.69) is 0 Å². The van der Waals surface area contributed by atoms with Crippen molar-refractivity contribution < 1.29 is 4.79 Å². The lowest BCUT2D eigenvalue weighted by Crippen LogP contribution is -2.28. The van der Waals surface area contributed by atoms with Gasteiger partial charge in [-0.1, -0.05) is 12.1 Å². The lowest BCUT2D eigenvalue weighted by atomic mass is 10.2. The third-order valence-electron chi connectivity index (χ3n) is 2.29. The Bertz CT molecular complexity index is 338. The van der Waals surface area contributed by atoms with Gasteiger partial charge in [-0.15, -0.1) is 0 Å². The summed E-state index contributed by atoms with van der Waals surface area (Å²) in [4.78, 5) is 12.7. The minimum Gasteiger partial charge on any atom is -0.397 e. The van der Waals surface area contributed by atoms with E-state index in [0.717, 1.165) is 17.9 Å². The molecule has 0 saturated carbocycles. The smallest absolute Gasteiger partial charge is 0.219 e. The van der Waals surface area contributed by atoms with Crippen molar-refractivity contribution in [2.24, 2.45) is 5.73 Å². The molecular formula is C11H17N3O. The number of carbonyl (C=O) groups excluding carboxylic acids is 1. The van der Waals surface area contributed by atoms with Gasteiger partial charge in [0, 0.05) is 19.5 Å². The van der Waals surface area contributed by atoms with Gasteiger partial charge >= 0.3 is 0 Å². The van der Waals surface area contributed by atoms with Gasteiger partial charge in [0.25, 0.3) is 0 Å². The summed E-state index contributed by atoms with van der Waals surface area (Å²) in [5.74, 6) is -0.289. The summed E-state index contributed by atoms with van der Waals surface area (Å²) in [6.45, 7) is 3.44. The summed E-state index contributed by atoms with van der Waals surface area (Å²) >= 11 is 0. The summed E-state index contributed by atoms with van der Waals surface area (Å²) in [6.07, 6.45) is 0.349. The molecule has 4 heteroatoms. The molecule has 0 aliphatic carbocycles.